The van der Waals surface area contributed by atoms with Gasteiger partial charge < -0.3 is 0 Å². The van der Waals surface area contributed by atoms with Gasteiger partial charge in [-0.05, 0) is 0 Å². The molecule has 5 heteroatoms. The third-order valence-electron chi connectivity index (χ3n) is 0.185. The number of allylic oxidation sites excluding steroid dienone is 1. The van der Waals surface area contributed by atoms with Crippen LogP contribution in [0.4, 0.5) is 0 Å². The fourth-order valence-electron chi connectivity index (χ4n) is 0. The Bertz CT molecular complexity index is 69.6. The maximum atomic E-state index is 9.69. The molecule has 2 nitrogen and oxygen atoms in total. The Morgan fingerprint density at radius 2 is 1.67 bits per heavy atom. The summed E-state index contributed by atoms with van der Waals surface area (Å²) in [6.07, 6.45) is 1.28. The summed E-state index contributed by atoms with van der Waals surface area (Å²) >= 11 is 1.47. The van der Waals surface area contributed by atoms with Crippen LogP contribution in [-0.2, 0) is 47.8 Å². The van der Waals surface area contributed by atoms with Crippen molar-refractivity contribution in [3.05, 3.63) is 20.1 Å². The molecule has 0 fully saturated rings. The van der Waals surface area contributed by atoms with Gasteiger partial charge in [0.15, 0.2) is 0 Å². The van der Waals surface area contributed by atoms with Gasteiger partial charge in [-0.2, -0.15) is 0 Å². The molecule has 0 rings (SSSR count). The van der Waals surface area contributed by atoms with Gasteiger partial charge in [-0.3, -0.25) is 0 Å². The average molecular weight is 215 g/mol. The summed E-state index contributed by atoms with van der Waals surface area (Å²) in [6, 6.07) is 0. The maximum Gasteiger partial charge on any atom is 0 e. The first-order chi connectivity index (χ1) is 2.27. The molecule has 0 aromatic rings. The van der Waals surface area contributed by atoms with Gasteiger partial charge >= 0.3 is 42.0 Å². The molecule has 10 radical (unpaired) electrons. The third-order valence-corrected chi connectivity index (χ3v) is 0.504. The van der Waals surface area contributed by atoms with Crippen LogP contribution in [-0.4, -0.2) is 15.1 Å². The molecule has 0 aliphatic heterocycles. The van der Waals surface area contributed by atoms with Crippen molar-refractivity contribution in [3.8, 4) is 0 Å². The summed E-state index contributed by atoms with van der Waals surface area (Å²) in [6.45, 7) is 3.21. The van der Waals surface area contributed by atoms with E-state index >= 15 is 0 Å². The van der Waals surface area contributed by atoms with E-state index in [1.54, 1.807) is 0 Å². The minimum Gasteiger partial charge on any atom is 0 e. The van der Waals surface area contributed by atoms with Crippen molar-refractivity contribution in [1.29, 1.82) is 0 Å². The van der Waals surface area contributed by atoms with Gasteiger partial charge in [0, 0.05) is 40.9 Å². The number of rotatable bonds is 1. The van der Waals surface area contributed by atoms with Gasteiger partial charge in [-0.1, -0.05) is 0 Å². The molecule has 0 aliphatic carbocycles. The molecule has 0 atom stereocenters. The number of carbonyl (C=O) groups is 1. The Morgan fingerprint density at radius 3 is 1.67 bits per heavy atom. The summed E-state index contributed by atoms with van der Waals surface area (Å²) in [7, 11) is 0. The molecule has 0 bridgehead atoms. The van der Waals surface area contributed by atoms with Crippen molar-refractivity contribution in [2.24, 2.45) is 0 Å². The van der Waals surface area contributed by atoms with E-state index in [1.807, 2.05) is 0 Å². The smallest absolute Gasteiger partial charge is 0 e. The van der Waals surface area contributed by atoms with Crippen LogP contribution < -0.4 is 0 Å². The Hall–Kier alpha value is 0.821. The van der Waals surface area contributed by atoms with Crippen molar-refractivity contribution >= 4 is 15.1 Å². The van der Waals surface area contributed by atoms with Crippen LogP contribution >= 0.6 is 0 Å². The molecule has 0 unspecified atom stereocenters. The molecule has 0 aromatic heterocycles. The summed E-state index contributed by atoms with van der Waals surface area (Å²) in [5.74, 6) is 0. The molecular formula is C4H3FeO2SiTi. The fraction of sp³-hybridized carbons (Fsp3) is 0. The van der Waals surface area contributed by atoms with Gasteiger partial charge in [0.1, 0.15) is 0 Å². The summed E-state index contributed by atoms with van der Waals surface area (Å²) in [5.41, 5.74) is 0. The summed E-state index contributed by atoms with van der Waals surface area (Å²) in [4.78, 5) is 9.69. The monoisotopic (exact) mass is 215 g/mol. The van der Waals surface area contributed by atoms with Crippen LogP contribution in [0, 0.1) is 7.43 Å². The van der Waals surface area contributed by atoms with Crippen molar-refractivity contribution in [2.75, 3.05) is 0 Å². The summed E-state index contributed by atoms with van der Waals surface area (Å²) in [5, 5.41) is 0. The zero-order valence-electron chi connectivity index (χ0n) is 4.45. The van der Waals surface area contributed by atoms with Crippen molar-refractivity contribution in [1.82, 2.24) is 0 Å². The third kappa shape index (κ3) is 51.6. The summed E-state index contributed by atoms with van der Waals surface area (Å²) < 4.78 is 0.0185. The molecule has 0 aromatic carbocycles. The first-order valence-corrected chi connectivity index (χ1v) is 1.93. The molecule has 0 N–H and O–H groups in total. The van der Waals surface area contributed by atoms with Crippen LogP contribution in [0.3, 0.4) is 0 Å². The van der Waals surface area contributed by atoms with Crippen LogP contribution in [0.1, 0.15) is 0 Å². The molecule has 0 saturated heterocycles. The SMILES string of the molecule is C=C[C](=O)[Ti].[C].[Fe].[O].[Si]. The van der Waals surface area contributed by atoms with Gasteiger partial charge in [-0.25, -0.2) is 0 Å². The van der Waals surface area contributed by atoms with E-state index in [0.29, 0.717) is 0 Å². The predicted octanol–water partition coefficient (Wildman–Crippen LogP) is -0.175. The van der Waals surface area contributed by atoms with E-state index in [0.717, 1.165) is 0 Å². The quantitative estimate of drug-likeness (QED) is 0.442. The molecule has 0 saturated carbocycles. The standard InChI is InChI=1S/C3H3O.C.Fe.O.Si.Ti/c1-2-3-4;;;;;/h2H,1H2;;;;;. The van der Waals surface area contributed by atoms with Gasteiger partial charge in [-0.15, -0.1) is 0 Å². The predicted molar refractivity (Wildman–Crippen MR) is 24.9 cm³/mol. The topological polar surface area (TPSA) is 45.6 Å². The van der Waals surface area contributed by atoms with E-state index in [4.69, 9.17) is 0 Å². The molecule has 47 valence electrons. The first-order valence-electron chi connectivity index (χ1n) is 1.15. The van der Waals surface area contributed by atoms with Crippen LogP contribution in [0.2, 0.25) is 0 Å². The Balaban J connectivity index is -0.0000000133. The van der Waals surface area contributed by atoms with Crippen LogP contribution in [0.25, 0.3) is 0 Å². The van der Waals surface area contributed by atoms with Crippen molar-refractivity contribution < 1.29 is 47.8 Å². The second-order valence-electron chi connectivity index (χ2n) is 0.568. The molecule has 0 amide bonds. The Kier molecular flexibility index (Phi) is 84.8. The largest absolute Gasteiger partial charge is 0 e. The average Bonchev–Trinajstić information content (AvgIpc) is 1.38. The minimum atomic E-state index is 0. The molecule has 0 aliphatic rings. The maximum absolute atomic E-state index is 9.69. The fourth-order valence-corrected chi connectivity index (χ4v) is 0. The van der Waals surface area contributed by atoms with Gasteiger partial charge in [0.25, 0.3) is 0 Å². The molecule has 0 spiro atoms. The molecule has 9 heavy (non-hydrogen) atoms. The second-order valence-corrected chi connectivity index (χ2v) is 1.34. The van der Waals surface area contributed by atoms with Crippen LogP contribution in [0.15, 0.2) is 12.7 Å². The second kappa shape index (κ2) is 23.2. The number of hydrogen-bond acceptors (Lipinski definition) is 1. The van der Waals surface area contributed by atoms with E-state index in [1.165, 1.54) is 26.5 Å². The van der Waals surface area contributed by atoms with Crippen molar-refractivity contribution in [3.63, 3.8) is 0 Å². The van der Waals surface area contributed by atoms with Crippen molar-refractivity contribution in [2.45, 2.75) is 0 Å². The van der Waals surface area contributed by atoms with E-state index in [9.17, 15) is 4.79 Å². The zero-order chi connectivity index (χ0) is 4.28. The van der Waals surface area contributed by atoms with Gasteiger partial charge in [0.05, 0.1) is 0 Å². The molecule has 0 heterocycles. The van der Waals surface area contributed by atoms with E-state index in [2.05, 4.69) is 6.58 Å². The Labute approximate surface area is 82.7 Å². The number of carbonyl (C=O) groups excluding carboxylic acids is 1. The van der Waals surface area contributed by atoms with E-state index in [-0.39, 0.29) is 45.0 Å². The van der Waals surface area contributed by atoms with Crippen LogP contribution in [0.5, 0.6) is 0 Å². The molecular weight excluding hydrogens is 212 g/mol. The first kappa shape index (κ1) is 32.9. The minimum absolute atomic E-state index is 0. The Morgan fingerprint density at radius 1 is 1.56 bits per heavy atom. The zero-order valence-corrected chi connectivity index (χ0v) is 8.12. The number of hydrogen-bond donors (Lipinski definition) is 0. The van der Waals surface area contributed by atoms with E-state index < -0.39 is 0 Å². The normalized spacial score (nSPS) is 3.44. The van der Waals surface area contributed by atoms with Gasteiger partial charge in [0.2, 0.25) is 0 Å².